The van der Waals surface area contributed by atoms with E-state index in [1.807, 2.05) is 30.3 Å². The van der Waals surface area contributed by atoms with Gasteiger partial charge in [-0.2, -0.15) is 0 Å². The van der Waals surface area contributed by atoms with Crippen molar-refractivity contribution in [2.45, 2.75) is 18.8 Å². The molecule has 1 aliphatic carbocycles. The van der Waals surface area contributed by atoms with Crippen molar-refractivity contribution in [2.24, 2.45) is 0 Å². The molecule has 1 unspecified atom stereocenters. The number of hydrogen-bond donors (Lipinski definition) is 1. The van der Waals surface area contributed by atoms with Crippen LogP contribution in [0.5, 0.6) is 0 Å². The summed E-state index contributed by atoms with van der Waals surface area (Å²) >= 11 is 0. The maximum atomic E-state index is 11.2. The molecule has 0 spiro atoms. The summed E-state index contributed by atoms with van der Waals surface area (Å²) in [5.41, 5.74) is 4.54. The van der Waals surface area contributed by atoms with Gasteiger partial charge in [0.25, 0.3) is 0 Å². The highest BCUT2D eigenvalue weighted by Gasteiger charge is 2.29. The van der Waals surface area contributed by atoms with E-state index in [1.165, 1.54) is 16.7 Å². The van der Waals surface area contributed by atoms with Crippen molar-refractivity contribution in [1.29, 1.82) is 0 Å². The Balaban J connectivity index is 2.13. The third-order valence-electron chi connectivity index (χ3n) is 3.65. The average molecular weight is 238 g/mol. The molecular weight excluding hydrogens is 224 g/mol. The molecule has 1 aliphatic rings. The lowest BCUT2D eigenvalue weighted by Crippen LogP contribution is -2.07. The summed E-state index contributed by atoms with van der Waals surface area (Å²) in [6.07, 6.45) is 1.58. The molecule has 0 heterocycles. The molecule has 3 rings (SSSR count). The van der Waals surface area contributed by atoms with Gasteiger partial charge in [-0.3, -0.25) is 4.79 Å². The predicted octanol–water partition coefficient (Wildman–Crippen LogP) is 3.47. The second-order valence-corrected chi connectivity index (χ2v) is 4.67. The molecule has 0 aromatic heterocycles. The van der Waals surface area contributed by atoms with E-state index in [2.05, 4.69) is 18.2 Å². The Morgan fingerprint density at radius 1 is 1.06 bits per heavy atom. The molecule has 2 aromatic carbocycles. The van der Waals surface area contributed by atoms with Crippen molar-refractivity contribution in [3.05, 3.63) is 59.7 Å². The molecule has 0 saturated carbocycles. The first-order valence-corrected chi connectivity index (χ1v) is 6.17. The zero-order valence-electron chi connectivity index (χ0n) is 9.97. The topological polar surface area (TPSA) is 37.3 Å². The number of fused-ring (bicyclic) bond motifs is 1. The van der Waals surface area contributed by atoms with Gasteiger partial charge >= 0.3 is 5.97 Å². The van der Waals surface area contributed by atoms with Crippen LogP contribution in [0.15, 0.2) is 48.5 Å². The van der Waals surface area contributed by atoms with Crippen molar-refractivity contribution < 1.29 is 9.90 Å². The maximum absolute atomic E-state index is 11.2. The number of carboxylic acid groups (broad SMARTS) is 1. The van der Waals surface area contributed by atoms with Crippen molar-refractivity contribution in [1.82, 2.24) is 0 Å². The fourth-order valence-electron chi connectivity index (χ4n) is 2.80. The van der Waals surface area contributed by atoms with Crippen molar-refractivity contribution >= 4 is 5.97 Å². The Labute approximate surface area is 106 Å². The second kappa shape index (κ2) is 4.30. The normalized spacial score (nSPS) is 17.4. The van der Waals surface area contributed by atoms with E-state index < -0.39 is 5.97 Å². The van der Waals surface area contributed by atoms with Crippen LogP contribution in [-0.4, -0.2) is 11.1 Å². The van der Waals surface area contributed by atoms with Crippen LogP contribution in [0.3, 0.4) is 0 Å². The minimum absolute atomic E-state index is 0.330. The molecular formula is C16H14O2. The van der Waals surface area contributed by atoms with E-state index in [1.54, 1.807) is 0 Å². The van der Waals surface area contributed by atoms with Crippen LogP contribution in [0.2, 0.25) is 0 Å². The Bertz CT molecular complexity index is 587. The summed E-state index contributed by atoms with van der Waals surface area (Å²) in [4.78, 5) is 11.2. The third-order valence-corrected chi connectivity index (χ3v) is 3.65. The van der Waals surface area contributed by atoms with Crippen LogP contribution in [0, 0.1) is 0 Å². The first-order valence-electron chi connectivity index (χ1n) is 6.17. The van der Waals surface area contributed by atoms with Gasteiger partial charge in [-0.25, -0.2) is 0 Å². The fraction of sp³-hybridized carbons (Fsp3) is 0.188. The molecule has 1 N–H and O–H groups in total. The van der Waals surface area contributed by atoms with E-state index in [9.17, 15) is 9.90 Å². The minimum atomic E-state index is -0.709. The summed E-state index contributed by atoms with van der Waals surface area (Å²) in [7, 11) is 0. The molecule has 0 radical (unpaired) electrons. The molecule has 0 aliphatic heterocycles. The molecule has 0 bridgehead atoms. The highest BCUT2D eigenvalue weighted by molar-refractivity contribution is 5.80. The van der Waals surface area contributed by atoms with Gasteiger partial charge in [-0.1, -0.05) is 48.5 Å². The summed E-state index contributed by atoms with van der Waals surface area (Å²) in [6.45, 7) is 0. The quantitative estimate of drug-likeness (QED) is 0.869. The first kappa shape index (κ1) is 11.0. The highest BCUT2D eigenvalue weighted by Crippen LogP contribution is 2.38. The fourth-order valence-corrected chi connectivity index (χ4v) is 2.80. The van der Waals surface area contributed by atoms with Gasteiger partial charge in [0.05, 0.1) is 5.92 Å². The molecule has 90 valence electrons. The number of hydrogen-bond acceptors (Lipinski definition) is 1. The Morgan fingerprint density at radius 3 is 2.56 bits per heavy atom. The number of carbonyl (C=O) groups is 1. The lowest BCUT2D eigenvalue weighted by atomic mass is 9.95. The van der Waals surface area contributed by atoms with Gasteiger partial charge in [0.2, 0.25) is 0 Å². The molecule has 2 nitrogen and oxygen atoms in total. The minimum Gasteiger partial charge on any atom is -0.481 e. The molecule has 2 heteroatoms. The van der Waals surface area contributed by atoms with Gasteiger partial charge < -0.3 is 5.11 Å². The van der Waals surface area contributed by atoms with Crippen molar-refractivity contribution in [3.63, 3.8) is 0 Å². The molecule has 0 saturated heterocycles. The zero-order valence-corrected chi connectivity index (χ0v) is 9.97. The van der Waals surface area contributed by atoms with Gasteiger partial charge in [-0.05, 0) is 35.1 Å². The molecule has 18 heavy (non-hydrogen) atoms. The zero-order chi connectivity index (χ0) is 12.5. The van der Waals surface area contributed by atoms with Crippen LogP contribution in [0.4, 0.5) is 0 Å². The van der Waals surface area contributed by atoms with Crippen molar-refractivity contribution in [2.75, 3.05) is 0 Å². The maximum Gasteiger partial charge on any atom is 0.310 e. The summed E-state index contributed by atoms with van der Waals surface area (Å²) in [6, 6.07) is 16.2. The number of carboxylic acids is 1. The molecule has 1 atom stereocenters. The molecule has 0 fully saturated rings. The number of aliphatic carboxylic acids is 1. The van der Waals surface area contributed by atoms with E-state index >= 15 is 0 Å². The van der Waals surface area contributed by atoms with E-state index in [0.29, 0.717) is 6.42 Å². The summed E-state index contributed by atoms with van der Waals surface area (Å²) in [5.74, 6) is -1.04. The second-order valence-electron chi connectivity index (χ2n) is 4.67. The van der Waals surface area contributed by atoms with E-state index in [-0.39, 0.29) is 5.92 Å². The standard InChI is InChI=1S/C16H14O2/c17-16(18)15-10-9-14-12(7-4-8-13(14)15)11-5-2-1-3-6-11/h1-8,15H,9-10H2,(H,17,18). The average Bonchev–Trinajstić information content (AvgIpc) is 2.83. The monoisotopic (exact) mass is 238 g/mol. The predicted molar refractivity (Wildman–Crippen MR) is 70.6 cm³/mol. The lowest BCUT2D eigenvalue weighted by Gasteiger charge is -2.10. The van der Waals surface area contributed by atoms with Crippen LogP contribution in [0.25, 0.3) is 11.1 Å². The van der Waals surface area contributed by atoms with Gasteiger partial charge in [0, 0.05) is 0 Å². The van der Waals surface area contributed by atoms with E-state index in [4.69, 9.17) is 0 Å². The van der Waals surface area contributed by atoms with Gasteiger partial charge in [-0.15, -0.1) is 0 Å². The Kier molecular flexibility index (Phi) is 2.63. The Morgan fingerprint density at radius 2 is 1.83 bits per heavy atom. The van der Waals surface area contributed by atoms with E-state index in [0.717, 1.165) is 12.0 Å². The lowest BCUT2D eigenvalue weighted by molar-refractivity contribution is -0.138. The number of rotatable bonds is 2. The number of benzene rings is 2. The van der Waals surface area contributed by atoms with Crippen LogP contribution < -0.4 is 0 Å². The van der Waals surface area contributed by atoms with Crippen molar-refractivity contribution in [3.8, 4) is 11.1 Å². The summed E-state index contributed by atoms with van der Waals surface area (Å²) < 4.78 is 0. The highest BCUT2D eigenvalue weighted by atomic mass is 16.4. The Hall–Kier alpha value is -2.09. The van der Waals surface area contributed by atoms with Crippen LogP contribution in [-0.2, 0) is 11.2 Å². The largest absolute Gasteiger partial charge is 0.481 e. The smallest absolute Gasteiger partial charge is 0.310 e. The summed E-state index contributed by atoms with van der Waals surface area (Å²) in [5, 5.41) is 9.22. The van der Waals surface area contributed by atoms with Crippen LogP contribution in [0.1, 0.15) is 23.5 Å². The third kappa shape index (κ3) is 1.70. The van der Waals surface area contributed by atoms with Gasteiger partial charge in [0.1, 0.15) is 0 Å². The molecule has 0 amide bonds. The van der Waals surface area contributed by atoms with Crippen LogP contribution >= 0.6 is 0 Å². The molecule has 2 aromatic rings. The SMILES string of the molecule is O=C(O)C1CCc2c(-c3ccccc3)cccc21. The van der Waals surface area contributed by atoms with Gasteiger partial charge in [0.15, 0.2) is 0 Å². The first-order chi connectivity index (χ1) is 8.77.